The topological polar surface area (TPSA) is 15.8 Å². The highest BCUT2D eigenvalue weighted by atomic mass is 32.1. The van der Waals surface area contributed by atoms with E-state index in [2.05, 4.69) is 46.5 Å². The van der Waals surface area contributed by atoms with E-state index in [0.29, 0.717) is 0 Å². The summed E-state index contributed by atoms with van der Waals surface area (Å²) in [5.41, 5.74) is 1.62. The average molecular weight is 229 g/mol. The van der Waals surface area contributed by atoms with E-state index in [-0.39, 0.29) is 10.8 Å². The van der Waals surface area contributed by atoms with Crippen LogP contribution in [0.15, 0.2) is 0 Å². The second-order valence-corrected chi connectivity index (χ2v) is 7.41. The fraction of sp³-hybridized carbons (Fsp3) is 0.727. The van der Waals surface area contributed by atoms with Gasteiger partial charge in [0.1, 0.15) is 0 Å². The molecule has 3 heteroatoms. The summed E-state index contributed by atoms with van der Waals surface area (Å²) in [5.74, 6) is 0. The second-order valence-electron chi connectivity index (χ2n) is 5.72. The lowest BCUT2D eigenvalue weighted by molar-refractivity contribution is 0.527. The summed E-state index contributed by atoms with van der Waals surface area (Å²) in [7, 11) is 0. The Morgan fingerprint density at radius 2 is 1.50 bits per heavy atom. The van der Waals surface area contributed by atoms with Crippen molar-refractivity contribution < 1.29 is 0 Å². The average Bonchev–Trinajstić information content (AvgIpc) is 2.27. The molecular weight excluding hydrogens is 210 g/mol. The number of hydrogen-bond acceptors (Lipinski definition) is 2. The van der Waals surface area contributed by atoms with Crippen LogP contribution in [-0.4, -0.2) is 4.98 Å². The van der Waals surface area contributed by atoms with Gasteiger partial charge in [-0.1, -0.05) is 41.5 Å². The van der Waals surface area contributed by atoms with Gasteiger partial charge < -0.3 is 4.98 Å². The third-order valence-electron chi connectivity index (χ3n) is 2.08. The van der Waals surface area contributed by atoms with Gasteiger partial charge in [-0.25, -0.2) is 0 Å². The number of rotatable bonds is 0. The molecule has 1 rings (SSSR count). The van der Waals surface area contributed by atoms with Crippen molar-refractivity contribution in [1.29, 1.82) is 0 Å². The third-order valence-corrected chi connectivity index (χ3v) is 3.74. The summed E-state index contributed by atoms with van der Waals surface area (Å²) in [6.45, 7) is 13.4. The summed E-state index contributed by atoms with van der Waals surface area (Å²) < 4.78 is 0.889. The molecule has 0 spiro atoms. The molecule has 1 N–H and O–H groups in total. The SMILES string of the molecule is CC(C)(C)c1[nH]c(=S)sc1C(C)(C)C. The lowest BCUT2D eigenvalue weighted by Gasteiger charge is -2.25. The molecule has 0 amide bonds. The fourth-order valence-corrected chi connectivity index (χ4v) is 2.84. The van der Waals surface area contributed by atoms with Crippen LogP contribution in [0.1, 0.15) is 52.1 Å². The highest BCUT2D eigenvalue weighted by molar-refractivity contribution is 7.73. The Labute approximate surface area is 95.6 Å². The highest BCUT2D eigenvalue weighted by Gasteiger charge is 2.27. The van der Waals surface area contributed by atoms with Crippen molar-refractivity contribution in [1.82, 2.24) is 4.98 Å². The van der Waals surface area contributed by atoms with Gasteiger partial charge in [0.15, 0.2) is 3.95 Å². The minimum atomic E-state index is 0.149. The Hall–Kier alpha value is -0.150. The van der Waals surface area contributed by atoms with E-state index in [1.807, 2.05) is 0 Å². The molecular formula is C11H19NS2. The van der Waals surface area contributed by atoms with Gasteiger partial charge in [-0.2, -0.15) is 0 Å². The van der Waals surface area contributed by atoms with Gasteiger partial charge in [0.05, 0.1) is 0 Å². The monoisotopic (exact) mass is 229 g/mol. The maximum absolute atomic E-state index is 5.22. The zero-order valence-corrected chi connectivity index (χ0v) is 11.4. The number of nitrogens with one attached hydrogen (secondary N) is 1. The quantitative estimate of drug-likeness (QED) is 0.652. The molecule has 0 saturated heterocycles. The normalized spacial score (nSPS) is 13.3. The maximum atomic E-state index is 5.22. The van der Waals surface area contributed by atoms with Crippen LogP contribution in [0.5, 0.6) is 0 Å². The molecule has 80 valence electrons. The molecule has 14 heavy (non-hydrogen) atoms. The molecule has 0 fully saturated rings. The summed E-state index contributed by atoms with van der Waals surface area (Å²) in [5, 5.41) is 0. The van der Waals surface area contributed by atoms with Crippen LogP contribution in [0.2, 0.25) is 0 Å². The third kappa shape index (κ3) is 2.45. The summed E-state index contributed by atoms with van der Waals surface area (Å²) in [4.78, 5) is 4.71. The molecule has 0 aromatic carbocycles. The summed E-state index contributed by atoms with van der Waals surface area (Å²) in [6, 6.07) is 0. The van der Waals surface area contributed by atoms with Gasteiger partial charge in [0.2, 0.25) is 0 Å². The van der Waals surface area contributed by atoms with Crippen LogP contribution in [0.25, 0.3) is 0 Å². The van der Waals surface area contributed by atoms with Crippen molar-refractivity contribution >= 4 is 23.6 Å². The molecule has 1 aromatic rings. The molecule has 0 aliphatic rings. The minimum Gasteiger partial charge on any atom is -0.340 e. The Bertz CT molecular complexity index is 337. The van der Waals surface area contributed by atoms with Crippen LogP contribution in [0.3, 0.4) is 0 Å². The molecule has 0 radical (unpaired) electrons. The van der Waals surface area contributed by atoms with Crippen molar-refractivity contribution in [2.24, 2.45) is 0 Å². The van der Waals surface area contributed by atoms with Crippen molar-refractivity contribution in [2.45, 2.75) is 52.4 Å². The van der Waals surface area contributed by atoms with Crippen LogP contribution in [-0.2, 0) is 10.8 Å². The van der Waals surface area contributed by atoms with Gasteiger partial charge in [-0.3, -0.25) is 0 Å². The summed E-state index contributed by atoms with van der Waals surface area (Å²) in [6.07, 6.45) is 0. The number of hydrogen-bond donors (Lipinski definition) is 1. The Morgan fingerprint density at radius 1 is 1.00 bits per heavy atom. The second kappa shape index (κ2) is 3.46. The number of aromatic amines is 1. The first kappa shape index (κ1) is 11.9. The lowest BCUT2D eigenvalue weighted by Crippen LogP contribution is -2.20. The van der Waals surface area contributed by atoms with E-state index in [9.17, 15) is 0 Å². The minimum absolute atomic E-state index is 0.149. The number of thiazole rings is 1. The van der Waals surface area contributed by atoms with Gasteiger partial charge in [-0.05, 0) is 17.6 Å². The molecule has 1 aromatic heterocycles. The zero-order valence-electron chi connectivity index (χ0n) is 9.82. The lowest BCUT2D eigenvalue weighted by atomic mass is 9.84. The fourth-order valence-electron chi connectivity index (χ4n) is 1.38. The van der Waals surface area contributed by atoms with Crippen molar-refractivity contribution in [3.8, 4) is 0 Å². The van der Waals surface area contributed by atoms with E-state index >= 15 is 0 Å². The molecule has 0 saturated carbocycles. The molecule has 1 heterocycles. The molecule has 0 aliphatic heterocycles. The first-order valence-electron chi connectivity index (χ1n) is 4.86. The predicted octanol–water partition coefficient (Wildman–Crippen LogP) is 4.40. The van der Waals surface area contributed by atoms with E-state index in [4.69, 9.17) is 12.2 Å². The highest BCUT2D eigenvalue weighted by Crippen LogP contribution is 2.36. The van der Waals surface area contributed by atoms with Crippen LogP contribution in [0.4, 0.5) is 0 Å². The van der Waals surface area contributed by atoms with Crippen molar-refractivity contribution in [3.05, 3.63) is 14.5 Å². The van der Waals surface area contributed by atoms with Gasteiger partial charge in [0, 0.05) is 16.0 Å². The molecule has 1 nitrogen and oxygen atoms in total. The Balaban J connectivity index is 3.38. The van der Waals surface area contributed by atoms with Crippen molar-refractivity contribution in [2.75, 3.05) is 0 Å². The van der Waals surface area contributed by atoms with E-state index in [1.165, 1.54) is 10.6 Å². The van der Waals surface area contributed by atoms with Gasteiger partial charge in [0.25, 0.3) is 0 Å². The van der Waals surface area contributed by atoms with Gasteiger partial charge >= 0.3 is 0 Å². The first-order chi connectivity index (χ1) is 6.12. The Kier molecular flexibility index (Phi) is 2.94. The Morgan fingerprint density at radius 3 is 1.79 bits per heavy atom. The van der Waals surface area contributed by atoms with Crippen LogP contribution < -0.4 is 0 Å². The first-order valence-corrected chi connectivity index (χ1v) is 6.09. The maximum Gasteiger partial charge on any atom is 0.158 e. The standard InChI is InChI=1S/C11H19NS2/c1-10(2,3)7-8(11(4,5)6)14-9(13)12-7/h1-6H3,(H,12,13). The molecule has 0 unspecified atom stereocenters. The summed E-state index contributed by atoms with van der Waals surface area (Å²) >= 11 is 6.93. The van der Waals surface area contributed by atoms with E-state index < -0.39 is 0 Å². The van der Waals surface area contributed by atoms with Crippen molar-refractivity contribution in [3.63, 3.8) is 0 Å². The largest absolute Gasteiger partial charge is 0.340 e. The van der Waals surface area contributed by atoms with Crippen LogP contribution >= 0.6 is 23.6 Å². The molecule has 0 bridgehead atoms. The predicted molar refractivity (Wildman–Crippen MR) is 66.9 cm³/mol. The molecule has 0 atom stereocenters. The van der Waals surface area contributed by atoms with Gasteiger partial charge in [-0.15, -0.1) is 11.3 Å². The smallest absolute Gasteiger partial charge is 0.158 e. The number of H-pyrrole nitrogens is 1. The molecule has 0 aliphatic carbocycles. The van der Waals surface area contributed by atoms with Crippen LogP contribution in [0, 0.1) is 3.95 Å². The van der Waals surface area contributed by atoms with E-state index in [1.54, 1.807) is 11.3 Å². The zero-order chi connectivity index (χ0) is 11.1. The number of aromatic nitrogens is 1. The van der Waals surface area contributed by atoms with E-state index in [0.717, 1.165) is 3.95 Å².